The maximum Gasteiger partial charge on any atom is 0.241 e. The topological polar surface area (TPSA) is 84.2 Å². The van der Waals surface area contributed by atoms with Gasteiger partial charge in [0, 0.05) is 6.54 Å². The summed E-state index contributed by atoms with van der Waals surface area (Å²) in [4.78, 5) is 23.2. The first kappa shape index (κ1) is 15.2. The van der Waals surface area contributed by atoms with Crippen LogP contribution in [0.25, 0.3) is 0 Å². The van der Waals surface area contributed by atoms with Crippen LogP contribution >= 0.6 is 0 Å². The van der Waals surface area contributed by atoms with Crippen molar-refractivity contribution in [2.45, 2.75) is 19.9 Å². The predicted octanol–water partition coefficient (Wildman–Crippen LogP) is 0.575. The molecule has 0 saturated heterocycles. The summed E-state index contributed by atoms with van der Waals surface area (Å²) < 4.78 is 0. The Bertz CT molecular complexity index is 418. The molecule has 0 saturated carbocycles. The fraction of sp³-hybridized carbons (Fsp3) is 0.429. The first-order valence-corrected chi connectivity index (χ1v) is 6.35. The number of benzene rings is 1. The maximum atomic E-state index is 11.8. The summed E-state index contributed by atoms with van der Waals surface area (Å²) in [7, 11) is 0. The Balaban J connectivity index is 2.37. The monoisotopic (exact) mass is 263 g/mol. The highest BCUT2D eigenvalue weighted by atomic mass is 16.2. The molecule has 0 aliphatic carbocycles. The Hall–Kier alpha value is -1.88. The van der Waals surface area contributed by atoms with Gasteiger partial charge in [0.25, 0.3) is 0 Å². The lowest BCUT2D eigenvalue weighted by Crippen LogP contribution is -2.41. The second kappa shape index (κ2) is 7.53. The summed E-state index contributed by atoms with van der Waals surface area (Å²) in [6.07, 6.45) is 0. The summed E-state index contributed by atoms with van der Waals surface area (Å²) in [6, 6.07) is 8.30. The predicted molar refractivity (Wildman–Crippen MR) is 74.2 cm³/mol. The van der Waals surface area contributed by atoms with Gasteiger partial charge in [0.2, 0.25) is 11.8 Å². The number of nitrogens with two attached hydrogens (primary N) is 1. The maximum absolute atomic E-state index is 11.8. The Kier molecular flexibility index (Phi) is 6.02. The van der Waals surface area contributed by atoms with E-state index in [2.05, 4.69) is 10.6 Å². The first-order chi connectivity index (χ1) is 9.00. The van der Waals surface area contributed by atoms with E-state index in [9.17, 15) is 9.59 Å². The zero-order valence-corrected chi connectivity index (χ0v) is 11.3. The molecule has 5 nitrogen and oxygen atoms in total. The van der Waals surface area contributed by atoms with Crippen molar-refractivity contribution >= 4 is 11.8 Å². The van der Waals surface area contributed by atoms with Gasteiger partial charge in [0.05, 0.1) is 6.54 Å². The van der Waals surface area contributed by atoms with Crippen LogP contribution < -0.4 is 16.4 Å². The molecule has 0 heterocycles. The molecule has 0 aliphatic heterocycles. The molecule has 0 unspecified atom stereocenters. The summed E-state index contributed by atoms with van der Waals surface area (Å²) in [5.74, 6) is -0.181. The highest BCUT2D eigenvalue weighted by Gasteiger charge is 2.15. The highest BCUT2D eigenvalue weighted by Crippen LogP contribution is 2.08. The number of rotatable bonds is 6. The summed E-state index contributed by atoms with van der Waals surface area (Å²) in [6.45, 7) is 4.56. The van der Waals surface area contributed by atoms with E-state index >= 15 is 0 Å². The third-order valence-electron chi connectivity index (χ3n) is 2.57. The van der Waals surface area contributed by atoms with Gasteiger partial charge in [-0.15, -0.1) is 0 Å². The number of carbonyl (C=O) groups excluding carboxylic acids is 2. The van der Waals surface area contributed by atoms with Gasteiger partial charge >= 0.3 is 0 Å². The van der Waals surface area contributed by atoms with Crippen LogP contribution in [0.4, 0.5) is 0 Å². The second-order valence-corrected chi connectivity index (χ2v) is 4.80. The minimum atomic E-state index is -0.751. The van der Waals surface area contributed by atoms with Gasteiger partial charge < -0.3 is 16.4 Å². The van der Waals surface area contributed by atoms with Crippen molar-refractivity contribution in [2.75, 3.05) is 13.1 Å². The molecule has 1 aromatic carbocycles. The average molecular weight is 263 g/mol. The SMILES string of the molecule is CC(C)CNC(=O)CNC(=O)[C@H](N)c1ccccc1. The molecular formula is C14H21N3O2. The van der Waals surface area contributed by atoms with Gasteiger partial charge in [-0.05, 0) is 11.5 Å². The molecule has 0 spiro atoms. The fourth-order valence-corrected chi connectivity index (χ4v) is 1.47. The quantitative estimate of drug-likeness (QED) is 0.701. The van der Waals surface area contributed by atoms with Crippen molar-refractivity contribution in [1.29, 1.82) is 0 Å². The molecule has 1 atom stereocenters. The molecule has 1 aromatic rings. The Morgan fingerprint density at radius 2 is 1.79 bits per heavy atom. The van der Waals surface area contributed by atoms with E-state index in [1.54, 1.807) is 12.1 Å². The number of hydrogen-bond donors (Lipinski definition) is 3. The van der Waals surface area contributed by atoms with E-state index in [0.717, 1.165) is 5.56 Å². The molecule has 5 heteroatoms. The van der Waals surface area contributed by atoms with E-state index in [0.29, 0.717) is 12.5 Å². The standard InChI is InChI=1S/C14H21N3O2/c1-10(2)8-16-12(18)9-17-14(19)13(15)11-6-4-3-5-7-11/h3-7,10,13H,8-9,15H2,1-2H3,(H,16,18)(H,17,19)/t13-/m1/s1. The van der Waals surface area contributed by atoms with Crippen molar-refractivity contribution in [1.82, 2.24) is 10.6 Å². The minimum Gasteiger partial charge on any atom is -0.354 e. The van der Waals surface area contributed by atoms with Gasteiger partial charge in [-0.1, -0.05) is 44.2 Å². The van der Waals surface area contributed by atoms with Crippen LogP contribution in [0.2, 0.25) is 0 Å². The lowest BCUT2D eigenvalue weighted by Gasteiger charge is -2.13. The number of hydrogen-bond acceptors (Lipinski definition) is 3. The minimum absolute atomic E-state index is 0.0495. The van der Waals surface area contributed by atoms with E-state index in [1.807, 2.05) is 32.0 Å². The van der Waals surface area contributed by atoms with Crippen molar-refractivity contribution in [3.05, 3.63) is 35.9 Å². The molecule has 2 amide bonds. The van der Waals surface area contributed by atoms with Gasteiger partial charge in [-0.25, -0.2) is 0 Å². The number of carbonyl (C=O) groups is 2. The lowest BCUT2D eigenvalue weighted by atomic mass is 10.1. The van der Waals surface area contributed by atoms with Crippen molar-refractivity contribution < 1.29 is 9.59 Å². The van der Waals surface area contributed by atoms with E-state index in [-0.39, 0.29) is 18.4 Å². The fourth-order valence-electron chi connectivity index (χ4n) is 1.47. The molecule has 104 valence electrons. The van der Waals surface area contributed by atoms with Crippen LogP contribution in [0.15, 0.2) is 30.3 Å². The van der Waals surface area contributed by atoms with Crippen LogP contribution in [0.1, 0.15) is 25.5 Å². The smallest absolute Gasteiger partial charge is 0.241 e. The van der Waals surface area contributed by atoms with Crippen molar-refractivity contribution in [3.63, 3.8) is 0 Å². The second-order valence-electron chi connectivity index (χ2n) is 4.80. The van der Waals surface area contributed by atoms with E-state index < -0.39 is 6.04 Å². The zero-order valence-electron chi connectivity index (χ0n) is 11.3. The van der Waals surface area contributed by atoms with Gasteiger partial charge in [0.1, 0.15) is 6.04 Å². The average Bonchev–Trinajstić information content (AvgIpc) is 2.42. The number of amides is 2. The van der Waals surface area contributed by atoms with Crippen LogP contribution in [0.3, 0.4) is 0 Å². The Morgan fingerprint density at radius 1 is 1.16 bits per heavy atom. The van der Waals surface area contributed by atoms with Crippen LogP contribution in [0.5, 0.6) is 0 Å². The third kappa shape index (κ3) is 5.52. The Morgan fingerprint density at radius 3 is 2.37 bits per heavy atom. The third-order valence-corrected chi connectivity index (χ3v) is 2.57. The zero-order chi connectivity index (χ0) is 14.3. The normalized spacial score (nSPS) is 12.0. The molecule has 0 radical (unpaired) electrons. The molecule has 0 aliphatic rings. The molecule has 0 bridgehead atoms. The van der Waals surface area contributed by atoms with E-state index in [4.69, 9.17) is 5.73 Å². The molecule has 4 N–H and O–H groups in total. The van der Waals surface area contributed by atoms with Gasteiger partial charge in [0.15, 0.2) is 0 Å². The van der Waals surface area contributed by atoms with Gasteiger partial charge in [-0.2, -0.15) is 0 Å². The Labute approximate surface area is 113 Å². The van der Waals surface area contributed by atoms with Crippen LogP contribution in [-0.4, -0.2) is 24.9 Å². The van der Waals surface area contributed by atoms with Crippen LogP contribution in [0, 0.1) is 5.92 Å². The largest absolute Gasteiger partial charge is 0.354 e. The molecule has 19 heavy (non-hydrogen) atoms. The summed E-state index contributed by atoms with van der Waals surface area (Å²) in [5, 5.41) is 5.25. The molecule has 1 rings (SSSR count). The lowest BCUT2D eigenvalue weighted by molar-refractivity contribution is -0.126. The highest BCUT2D eigenvalue weighted by molar-refractivity contribution is 5.87. The van der Waals surface area contributed by atoms with Crippen LogP contribution in [-0.2, 0) is 9.59 Å². The van der Waals surface area contributed by atoms with Crippen molar-refractivity contribution in [2.24, 2.45) is 11.7 Å². The summed E-state index contributed by atoms with van der Waals surface area (Å²) >= 11 is 0. The number of nitrogens with one attached hydrogen (secondary N) is 2. The van der Waals surface area contributed by atoms with E-state index in [1.165, 1.54) is 0 Å². The molecule has 0 aromatic heterocycles. The van der Waals surface area contributed by atoms with Gasteiger partial charge in [-0.3, -0.25) is 9.59 Å². The summed E-state index contributed by atoms with van der Waals surface area (Å²) in [5.41, 5.74) is 6.53. The molecular weight excluding hydrogens is 242 g/mol. The first-order valence-electron chi connectivity index (χ1n) is 6.35. The van der Waals surface area contributed by atoms with Crippen molar-refractivity contribution in [3.8, 4) is 0 Å². The molecule has 0 fully saturated rings.